The molecule has 0 heterocycles. The number of rotatable bonds is 6. The average molecular weight is 431 g/mol. The summed E-state index contributed by atoms with van der Waals surface area (Å²) in [7, 11) is 0. The molecule has 0 spiro atoms. The van der Waals surface area contributed by atoms with Crippen molar-refractivity contribution in [2.45, 2.75) is 9.77 Å². The van der Waals surface area contributed by atoms with Crippen LogP contribution in [0.4, 0.5) is 0 Å². The molecule has 0 bridgehead atoms. The van der Waals surface area contributed by atoms with Crippen LogP contribution in [0.25, 0.3) is 0 Å². The van der Waals surface area contributed by atoms with Crippen molar-refractivity contribution in [3.05, 3.63) is 99.5 Å². The summed E-state index contributed by atoms with van der Waals surface area (Å²) >= 11 is 13.2. The zero-order valence-electron chi connectivity index (χ0n) is 14.6. The molecular formula is C21H16Cl2N2O2S. The fourth-order valence-corrected chi connectivity index (χ4v) is 4.15. The van der Waals surface area contributed by atoms with Crippen LogP contribution < -0.4 is 11.5 Å². The van der Waals surface area contributed by atoms with Crippen molar-refractivity contribution >= 4 is 46.7 Å². The molecule has 3 aromatic carbocycles. The fraction of sp³-hybridized carbons (Fsp3) is 0.0476. The molecule has 1 amide bonds. The molecule has 4 nitrogen and oxygen atoms in total. The lowest BCUT2D eigenvalue weighted by Gasteiger charge is -2.26. The van der Waals surface area contributed by atoms with E-state index in [0.717, 1.165) is 16.7 Å². The lowest BCUT2D eigenvalue weighted by Crippen LogP contribution is -2.46. The van der Waals surface area contributed by atoms with E-state index < -0.39 is 10.8 Å². The third-order valence-electron chi connectivity index (χ3n) is 4.12. The first-order chi connectivity index (χ1) is 13.3. The molecule has 0 radical (unpaired) electrons. The van der Waals surface area contributed by atoms with Gasteiger partial charge in [0, 0.05) is 21.0 Å². The molecule has 3 aromatic rings. The van der Waals surface area contributed by atoms with E-state index in [1.807, 2.05) is 30.3 Å². The van der Waals surface area contributed by atoms with Crippen LogP contribution in [0.15, 0.2) is 77.7 Å². The second-order valence-electron chi connectivity index (χ2n) is 6.05. The molecule has 1 atom stereocenters. The van der Waals surface area contributed by atoms with Crippen LogP contribution in [0, 0.1) is 0 Å². The second kappa shape index (κ2) is 8.37. The predicted molar refractivity (Wildman–Crippen MR) is 114 cm³/mol. The van der Waals surface area contributed by atoms with E-state index in [4.69, 9.17) is 34.7 Å². The first kappa shape index (κ1) is 20.4. The van der Waals surface area contributed by atoms with E-state index in [1.54, 1.807) is 36.4 Å². The first-order valence-electron chi connectivity index (χ1n) is 8.24. The number of thioether (sulfide) groups is 1. The van der Waals surface area contributed by atoms with E-state index in [0.29, 0.717) is 21.7 Å². The molecule has 142 valence electrons. The van der Waals surface area contributed by atoms with Gasteiger partial charge < -0.3 is 11.5 Å². The maximum Gasteiger partial charge on any atom is 0.253 e. The summed E-state index contributed by atoms with van der Waals surface area (Å²) < 4.78 is 0. The standard InChI is InChI=1S/C21H16Cl2N2O2S/c22-15-9-10-17(18(23)12-15)19(26)13-5-4-6-14(11-13)21(25,20(24)27)28-16-7-2-1-3-8-16/h1-12H,25H2,(H2,24,27). The molecule has 3 rings (SSSR count). The van der Waals surface area contributed by atoms with E-state index in [1.165, 1.54) is 6.07 Å². The van der Waals surface area contributed by atoms with Gasteiger partial charge in [0.05, 0.1) is 5.02 Å². The largest absolute Gasteiger partial charge is 0.367 e. The Kier molecular flexibility index (Phi) is 6.10. The molecule has 4 N–H and O–H groups in total. The third-order valence-corrected chi connectivity index (χ3v) is 5.93. The summed E-state index contributed by atoms with van der Waals surface area (Å²) in [6, 6.07) is 20.4. The van der Waals surface area contributed by atoms with Crippen molar-refractivity contribution in [2.24, 2.45) is 11.5 Å². The summed E-state index contributed by atoms with van der Waals surface area (Å²) in [5.41, 5.74) is 13.1. The summed E-state index contributed by atoms with van der Waals surface area (Å²) in [6.07, 6.45) is 0. The zero-order valence-corrected chi connectivity index (χ0v) is 16.9. The van der Waals surface area contributed by atoms with Crippen molar-refractivity contribution < 1.29 is 9.59 Å². The highest BCUT2D eigenvalue weighted by atomic mass is 35.5. The number of nitrogens with two attached hydrogens (primary N) is 2. The normalized spacial score (nSPS) is 13.0. The Labute approximate surface area is 176 Å². The van der Waals surface area contributed by atoms with Gasteiger partial charge in [-0.15, -0.1) is 0 Å². The first-order valence-corrected chi connectivity index (χ1v) is 9.81. The molecule has 0 saturated carbocycles. The maximum atomic E-state index is 12.9. The molecule has 0 aliphatic heterocycles. The van der Waals surface area contributed by atoms with Crippen LogP contribution in [-0.2, 0) is 9.67 Å². The summed E-state index contributed by atoms with van der Waals surface area (Å²) in [5.74, 6) is -1.02. The van der Waals surface area contributed by atoms with Crippen LogP contribution in [0.1, 0.15) is 21.5 Å². The Hall–Kier alpha value is -2.31. The molecule has 0 saturated heterocycles. The molecule has 0 aliphatic carbocycles. The maximum absolute atomic E-state index is 12.9. The van der Waals surface area contributed by atoms with Gasteiger partial charge in [-0.25, -0.2) is 0 Å². The third kappa shape index (κ3) is 4.23. The predicted octanol–water partition coefficient (Wildman–Crippen LogP) is 4.61. The fourth-order valence-electron chi connectivity index (χ4n) is 2.65. The Morgan fingerprint density at radius 1 is 0.893 bits per heavy atom. The number of hydrogen-bond donors (Lipinski definition) is 2. The lowest BCUT2D eigenvalue weighted by molar-refractivity contribution is -0.120. The minimum absolute atomic E-state index is 0.246. The van der Waals surface area contributed by atoms with E-state index in [9.17, 15) is 9.59 Å². The van der Waals surface area contributed by atoms with Crippen molar-refractivity contribution in [2.75, 3.05) is 0 Å². The molecule has 0 aliphatic rings. The molecule has 28 heavy (non-hydrogen) atoms. The lowest BCUT2D eigenvalue weighted by atomic mass is 9.98. The minimum Gasteiger partial charge on any atom is -0.367 e. The van der Waals surface area contributed by atoms with Gasteiger partial charge in [0.25, 0.3) is 5.91 Å². The number of halogens is 2. The summed E-state index contributed by atoms with van der Waals surface area (Å²) in [4.78, 5) is 24.4. The van der Waals surface area contributed by atoms with Crippen molar-refractivity contribution in [1.29, 1.82) is 0 Å². The number of ketones is 1. The van der Waals surface area contributed by atoms with Gasteiger partial charge in [-0.1, -0.05) is 71.4 Å². The topological polar surface area (TPSA) is 86.2 Å². The van der Waals surface area contributed by atoms with Crippen LogP contribution in [0.2, 0.25) is 10.0 Å². The molecule has 0 aromatic heterocycles. The number of carbonyl (C=O) groups is 2. The van der Waals surface area contributed by atoms with Gasteiger partial charge >= 0.3 is 0 Å². The van der Waals surface area contributed by atoms with Gasteiger partial charge in [0.1, 0.15) is 0 Å². The highest BCUT2D eigenvalue weighted by molar-refractivity contribution is 8.01. The number of primary amides is 1. The molecule has 1 unspecified atom stereocenters. The molecule has 7 heteroatoms. The monoisotopic (exact) mass is 430 g/mol. The highest BCUT2D eigenvalue weighted by Gasteiger charge is 2.36. The van der Waals surface area contributed by atoms with Crippen LogP contribution >= 0.6 is 35.0 Å². The van der Waals surface area contributed by atoms with Gasteiger partial charge in [0.15, 0.2) is 10.7 Å². The highest BCUT2D eigenvalue weighted by Crippen LogP contribution is 2.37. The molecule has 0 fully saturated rings. The second-order valence-corrected chi connectivity index (χ2v) is 8.21. The van der Waals surface area contributed by atoms with E-state index >= 15 is 0 Å². The Bertz CT molecular complexity index is 1040. The van der Waals surface area contributed by atoms with Gasteiger partial charge in [-0.2, -0.15) is 0 Å². The average Bonchev–Trinajstić information content (AvgIpc) is 2.68. The summed E-state index contributed by atoms with van der Waals surface area (Å²) in [5, 5.41) is 0.680. The SMILES string of the molecule is NC(=O)C(N)(Sc1ccccc1)c1cccc(C(=O)c2ccc(Cl)cc2Cl)c1. The van der Waals surface area contributed by atoms with Crippen molar-refractivity contribution in [3.63, 3.8) is 0 Å². The smallest absolute Gasteiger partial charge is 0.253 e. The molecular weight excluding hydrogens is 415 g/mol. The number of benzene rings is 3. The minimum atomic E-state index is -1.54. The quantitative estimate of drug-likeness (QED) is 0.339. The van der Waals surface area contributed by atoms with Crippen LogP contribution in [0.3, 0.4) is 0 Å². The number of hydrogen-bond acceptors (Lipinski definition) is 4. The Balaban J connectivity index is 2.00. The van der Waals surface area contributed by atoms with E-state index in [2.05, 4.69) is 0 Å². The van der Waals surface area contributed by atoms with Gasteiger partial charge in [0.2, 0.25) is 0 Å². The summed E-state index contributed by atoms with van der Waals surface area (Å²) in [6.45, 7) is 0. The van der Waals surface area contributed by atoms with Gasteiger partial charge in [-0.3, -0.25) is 9.59 Å². The Morgan fingerprint density at radius 3 is 2.25 bits per heavy atom. The number of amides is 1. The van der Waals surface area contributed by atoms with Crippen LogP contribution in [0.5, 0.6) is 0 Å². The van der Waals surface area contributed by atoms with Crippen molar-refractivity contribution in [3.8, 4) is 0 Å². The number of carbonyl (C=O) groups excluding carboxylic acids is 2. The van der Waals surface area contributed by atoms with E-state index in [-0.39, 0.29) is 10.8 Å². The Morgan fingerprint density at radius 2 is 1.61 bits per heavy atom. The van der Waals surface area contributed by atoms with Crippen molar-refractivity contribution in [1.82, 2.24) is 0 Å². The van der Waals surface area contributed by atoms with Crippen LogP contribution in [-0.4, -0.2) is 11.7 Å². The van der Waals surface area contributed by atoms with Gasteiger partial charge in [-0.05, 0) is 42.0 Å². The zero-order chi connectivity index (χ0) is 20.3.